The van der Waals surface area contributed by atoms with E-state index in [2.05, 4.69) is 34.6 Å². The molecule has 0 fully saturated rings. The number of hydrogen-bond acceptors (Lipinski definition) is 6. The second kappa shape index (κ2) is 12.6. The number of hydrogen-bond donors (Lipinski definition) is 2. The summed E-state index contributed by atoms with van der Waals surface area (Å²) in [5, 5.41) is 17.5. The maximum absolute atomic E-state index is 12.9. The maximum Gasteiger partial charge on any atom is 0.287 e. The van der Waals surface area contributed by atoms with Crippen LogP contribution >= 0.6 is 0 Å². The molecule has 3 aromatic carbocycles. The van der Waals surface area contributed by atoms with Gasteiger partial charge in [-0.15, -0.1) is 0 Å². The van der Waals surface area contributed by atoms with Crippen molar-refractivity contribution in [2.75, 3.05) is 18.0 Å². The molecule has 0 aliphatic heterocycles. The van der Waals surface area contributed by atoms with Gasteiger partial charge < -0.3 is 10.2 Å². The van der Waals surface area contributed by atoms with E-state index in [9.17, 15) is 19.7 Å². The van der Waals surface area contributed by atoms with Gasteiger partial charge in [0.05, 0.1) is 11.1 Å². The van der Waals surface area contributed by atoms with Crippen LogP contribution in [-0.2, 0) is 4.79 Å². The number of non-ortho nitro benzene ring substituents is 1. The Labute approximate surface area is 209 Å². The lowest BCUT2D eigenvalue weighted by atomic mass is 10.1. The number of amides is 2. The predicted molar refractivity (Wildman–Crippen MR) is 141 cm³/mol. The molecule has 0 aliphatic rings. The van der Waals surface area contributed by atoms with Gasteiger partial charge in [-0.25, -0.2) is 5.43 Å². The number of nitro benzene ring substituents is 1. The van der Waals surface area contributed by atoms with E-state index in [0.29, 0.717) is 16.7 Å². The fraction of sp³-hybridized carbons (Fsp3) is 0.148. The minimum Gasteiger partial charge on any atom is -0.372 e. The Morgan fingerprint density at radius 1 is 0.944 bits per heavy atom. The van der Waals surface area contributed by atoms with Gasteiger partial charge in [-0.2, -0.15) is 5.10 Å². The maximum atomic E-state index is 12.9. The minimum absolute atomic E-state index is 0.00404. The van der Waals surface area contributed by atoms with E-state index in [1.807, 2.05) is 24.3 Å². The van der Waals surface area contributed by atoms with Crippen molar-refractivity contribution >= 4 is 35.5 Å². The van der Waals surface area contributed by atoms with Crippen molar-refractivity contribution in [2.45, 2.75) is 13.8 Å². The first kappa shape index (κ1) is 25.8. The van der Waals surface area contributed by atoms with E-state index >= 15 is 0 Å². The smallest absolute Gasteiger partial charge is 0.287 e. The van der Waals surface area contributed by atoms with Gasteiger partial charge in [0, 0.05) is 42.0 Å². The molecule has 0 saturated heterocycles. The Morgan fingerprint density at radius 3 is 2.28 bits per heavy atom. The van der Waals surface area contributed by atoms with Gasteiger partial charge >= 0.3 is 0 Å². The van der Waals surface area contributed by atoms with Crippen LogP contribution in [0.15, 0.2) is 89.7 Å². The number of rotatable bonds is 10. The zero-order valence-electron chi connectivity index (χ0n) is 20.0. The highest BCUT2D eigenvalue weighted by atomic mass is 16.6. The molecule has 0 bridgehead atoms. The number of carbonyl (C=O) groups excluding carboxylic acids is 2. The third-order valence-electron chi connectivity index (χ3n) is 5.32. The third-order valence-corrected chi connectivity index (χ3v) is 5.32. The second-order valence-corrected chi connectivity index (χ2v) is 7.69. The largest absolute Gasteiger partial charge is 0.372 e. The number of benzene rings is 3. The summed E-state index contributed by atoms with van der Waals surface area (Å²) >= 11 is 0. The quantitative estimate of drug-likeness (QED) is 0.191. The van der Waals surface area contributed by atoms with Gasteiger partial charge in [0.15, 0.2) is 0 Å². The molecule has 36 heavy (non-hydrogen) atoms. The van der Waals surface area contributed by atoms with Crippen LogP contribution in [0.5, 0.6) is 0 Å². The van der Waals surface area contributed by atoms with Crippen LogP contribution < -0.4 is 15.6 Å². The van der Waals surface area contributed by atoms with Crippen molar-refractivity contribution in [3.05, 3.63) is 111 Å². The van der Waals surface area contributed by atoms with Crippen molar-refractivity contribution < 1.29 is 14.5 Å². The van der Waals surface area contributed by atoms with Gasteiger partial charge in [-0.3, -0.25) is 19.7 Å². The van der Waals surface area contributed by atoms with Crippen LogP contribution in [0.25, 0.3) is 6.08 Å². The monoisotopic (exact) mass is 485 g/mol. The van der Waals surface area contributed by atoms with E-state index < -0.39 is 16.7 Å². The molecule has 3 rings (SSSR count). The van der Waals surface area contributed by atoms with Gasteiger partial charge in [-0.1, -0.05) is 42.5 Å². The number of carbonyl (C=O) groups is 2. The lowest BCUT2D eigenvalue weighted by molar-refractivity contribution is -0.384. The molecule has 0 heterocycles. The molecule has 2 N–H and O–H groups in total. The Morgan fingerprint density at radius 2 is 1.64 bits per heavy atom. The average Bonchev–Trinajstić information content (AvgIpc) is 2.90. The number of nitrogens with one attached hydrogen (secondary N) is 2. The summed E-state index contributed by atoms with van der Waals surface area (Å²) in [5.41, 5.74) is 4.89. The Balaban J connectivity index is 1.82. The first-order chi connectivity index (χ1) is 17.4. The molecule has 2 amide bonds. The zero-order chi connectivity index (χ0) is 25.9. The fourth-order valence-electron chi connectivity index (χ4n) is 3.42. The van der Waals surface area contributed by atoms with Crippen LogP contribution in [-0.4, -0.2) is 36.0 Å². The van der Waals surface area contributed by atoms with Crippen LogP contribution in [0, 0.1) is 10.1 Å². The fourth-order valence-corrected chi connectivity index (χ4v) is 3.42. The van der Waals surface area contributed by atoms with Gasteiger partial charge in [-0.05, 0) is 49.8 Å². The molecule has 0 aromatic heterocycles. The van der Waals surface area contributed by atoms with Gasteiger partial charge in [0.1, 0.15) is 5.70 Å². The first-order valence-corrected chi connectivity index (χ1v) is 11.4. The summed E-state index contributed by atoms with van der Waals surface area (Å²) in [5.74, 6) is -1.09. The molecule has 9 heteroatoms. The van der Waals surface area contributed by atoms with Crippen molar-refractivity contribution in [3.8, 4) is 0 Å². The summed E-state index contributed by atoms with van der Waals surface area (Å²) in [7, 11) is 0. The molecular weight excluding hydrogens is 458 g/mol. The van der Waals surface area contributed by atoms with E-state index in [1.54, 1.807) is 42.5 Å². The van der Waals surface area contributed by atoms with E-state index in [-0.39, 0.29) is 11.4 Å². The van der Waals surface area contributed by atoms with Crippen LogP contribution in [0.2, 0.25) is 0 Å². The zero-order valence-corrected chi connectivity index (χ0v) is 20.0. The van der Waals surface area contributed by atoms with Gasteiger partial charge in [0.2, 0.25) is 0 Å². The topological polar surface area (TPSA) is 117 Å². The van der Waals surface area contributed by atoms with Crippen molar-refractivity contribution in [1.29, 1.82) is 0 Å². The Hall–Kier alpha value is -4.79. The lowest BCUT2D eigenvalue weighted by Gasteiger charge is -2.20. The second-order valence-electron chi connectivity index (χ2n) is 7.69. The minimum atomic E-state index is -0.645. The van der Waals surface area contributed by atoms with Crippen molar-refractivity contribution in [2.24, 2.45) is 5.10 Å². The van der Waals surface area contributed by atoms with Crippen LogP contribution in [0.3, 0.4) is 0 Å². The summed E-state index contributed by atoms with van der Waals surface area (Å²) in [6, 6.07) is 22.0. The molecule has 184 valence electrons. The summed E-state index contributed by atoms with van der Waals surface area (Å²) in [6.45, 7) is 5.89. The van der Waals surface area contributed by atoms with E-state index in [1.165, 1.54) is 24.4 Å². The highest BCUT2D eigenvalue weighted by Gasteiger charge is 2.14. The number of hydrazone groups is 1. The molecular formula is C27H27N5O4. The highest BCUT2D eigenvalue weighted by Crippen LogP contribution is 2.17. The van der Waals surface area contributed by atoms with E-state index in [4.69, 9.17) is 0 Å². The highest BCUT2D eigenvalue weighted by molar-refractivity contribution is 6.05. The predicted octanol–water partition coefficient (Wildman–Crippen LogP) is 4.36. The molecule has 0 atom stereocenters. The molecule has 9 nitrogen and oxygen atoms in total. The molecule has 0 radical (unpaired) electrons. The lowest BCUT2D eigenvalue weighted by Crippen LogP contribution is -2.32. The Bertz CT molecular complexity index is 1270. The average molecular weight is 486 g/mol. The molecule has 0 spiro atoms. The standard InChI is InChI=1S/C27H27N5O4/c1-3-31(4-2)23-15-13-20(14-16-23)18-25(29-26(33)22-10-6-5-7-11-22)27(34)30-28-19-21-9-8-12-24(17-21)32(35)36/h5-19H,3-4H2,1-2H3,(H,29,33)(H,30,34)/b25-18+,28-19+. The third kappa shape index (κ3) is 7.10. The van der Waals surface area contributed by atoms with Crippen LogP contribution in [0.4, 0.5) is 11.4 Å². The molecule has 3 aromatic rings. The number of nitro groups is 1. The Kier molecular flexibility index (Phi) is 9.05. The number of anilines is 1. The van der Waals surface area contributed by atoms with E-state index in [0.717, 1.165) is 18.8 Å². The van der Waals surface area contributed by atoms with Gasteiger partial charge in [0.25, 0.3) is 17.5 Å². The SMILES string of the molecule is CCN(CC)c1ccc(/C=C(/NC(=O)c2ccccc2)C(=O)N/N=C/c2cccc([N+](=O)[O-])c2)cc1. The summed E-state index contributed by atoms with van der Waals surface area (Å²) in [6.07, 6.45) is 2.85. The summed E-state index contributed by atoms with van der Waals surface area (Å²) in [4.78, 5) is 38.3. The molecule has 0 saturated carbocycles. The van der Waals surface area contributed by atoms with Crippen molar-refractivity contribution in [3.63, 3.8) is 0 Å². The first-order valence-electron chi connectivity index (χ1n) is 11.4. The van der Waals surface area contributed by atoms with Crippen LogP contribution in [0.1, 0.15) is 35.3 Å². The number of nitrogens with zero attached hydrogens (tertiary/aromatic N) is 3. The molecule has 0 unspecified atom stereocenters. The van der Waals surface area contributed by atoms with Crippen molar-refractivity contribution in [1.82, 2.24) is 10.7 Å². The molecule has 0 aliphatic carbocycles. The normalized spacial score (nSPS) is 11.2. The summed E-state index contributed by atoms with van der Waals surface area (Å²) < 4.78 is 0.